The second-order valence-corrected chi connectivity index (χ2v) is 4.88. The number of hydrogen-bond acceptors (Lipinski definition) is 3. The molecule has 0 saturated carbocycles. The molecule has 0 aromatic heterocycles. The minimum Gasteiger partial charge on any atom is -0.394 e. The summed E-state index contributed by atoms with van der Waals surface area (Å²) in [5, 5.41) is 8.58. The predicted octanol–water partition coefficient (Wildman–Crippen LogP) is 1.61. The molecule has 0 radical (unpaired) electrons. The van der Waals surface area contributed by atoms with Crippen molar-refractivity contribution >= 4 is 0 Å². The Morgan fingerprint density at radius 2 is 1.53 bits per heavy atom. The zero-order chi connectivity index (χ0) is 11.7. The molecule has 0 amide bonds. The van der Waals surface area contributed by atoms with Crippen LogP contribution in [-0.2, 0) is 4.74 Å². The van der Waals surface area contributed by atoms with Crippen molar-refractivity contribution in [1.29, 1.82) is 0 Å². The fourth-order valence-corrected chi connectivity index (χ4v) is 1.65. The van der Waals surface area contributed by atoms with Crippen LogP contribution in [0, 0.1) is 11.8 Å². The third-order valence-electron chi connectivity index (χ3n) is 2.03. The van der Waals surface area contributed by atoms with E-state index in [4.69, 9.17) is 9.84 Å². The van der Waals surface area contributed by atoms with Crippen molar-refractivity contribution in [2.24, 2.45) is 11.8 Å². The second kappa shape index (κ2) is 9.13. The molecule has 0 saturated heterocycles. The van der Waals surface area contributed by atoms with Gasteiger partial charge in [-0.05, 0) is 11.8 Å². The number of hydrogen-bond donors (Lipinski definition) is 1. The molecule has 1 N–H and O–H groups in total. The van der Waals surface area contributed by atoms with Gasteiger partial charge in [0.05, 0.1) is 19.8 Å². The first kappa shape index (κ1) is 14.9. The van der Waals surface area contributed by atoms with E-state index in [1.165, 1.54) is 0 Å². The summed E-state index contributed by atoms with van der Waals surface area (Å²) in [4.78, 5) is 2.44. The van der Waals surface area contributed by atoms with Gasteiger partial charge in [0, 0.05) is 19.6 Å². The van der Waals surface area contributed by atoms with E-state index < -0.39 is 0 Å². The summed E-state index contributed by atoms with van der Waals surface area (Å²) in [5.41, 5.74) is 0. The highest BCUT2D eigenvalue weighted by atomic mass is 16.5. The van der Waals surface area contributed by atoms with Gasteiger partial charge in [-0.3, -0.25) is 0 Å². The molecule has 15 heavy (non-hydrogen) atoms. The third kappa shape index (κ3) is 10.2. The Bertz CT molecular complexity index is 128. The standard InChI is InChI=1S/C12H27NO2/c1-11(2)9-13(10-12(3)4)5-7-15-8-6-14/h11-12,14H,5-10H2,1-4H3. The van der Waals surface area contributed by atoms with Crippen molar-refractivity contribution in [2.75, 3.05) is 39.5 Å². The first-order chi connectivity index (χ1) is 7.06. The van der Waals surface area contributed by atoms with Crippen molar-refractivity contribution in [3.63, 3.8) is 0 Å². The van der Waals surface area contributed by atoms with Gasteiger partial charge < -0.3 is 14.7 Å². The van der Waals surface area contributed by atoms with Gasteiger partial charge in [0.15, 0.2) is 0 Å². The molecule has 0 aromatic carbocycles. The van der Waals surface area contributed by atoms with E-state index in [9.17, 15) is 0 Å². The summed E-state index contributed by atoms with van der Waals surface area (Å²) in [5.74, 6) is 1.39. The van der Waals surface area contributed by atoms with Gasteiger partial charge in [0.1, 0.15) is 0 Å². The summed E-state index contributed by atoms with van der Waals surface area (Å²) in [6.07, 6.45) is 0. The van der Waals surface area contributed by atoms with Gasteiger partial charge in [-0.2, -0.15) is 0 Å². The number of nitrogens with zero attached hydrogens (tertiary/aromatic N) is 1. The molecular weight excluding hydrogens is 190 g/mol. The lowest BCUT2D eigenvalue weighted by Gasteiger charge is -2.25. The molecule has 0 aliphatic heterocycles. The molecule has 0 rings (SSSR count). The maximum atomic E-state index is 8.58. The van der Waals surface area contributed by atoms with E-state index in [0.29, 0.717) is 18.4 Å². The highest BCUT2D eigenvalue weighted by Gasteiger charge is 2.08. The lowest BCUT2D eigenvalue weighted by Crippen LogP contribution is -2.34. The zero-order valence-corrected chi connectivity index (χ0v) is 10.7. The van der Waals surface area contributed by atoms with Crippen LogP contribution in [0.2, 0.25) is 0 Å². The smallest absolute Gasteiger partial charge is 0.0698 e. The Morgan fingerprint density at radius 1 is 1.00 bits per heavy atom. The Kier molecular flexibility index (Phi) is 9.06. The van der Waals surface area contributed by atoms with Crippen LogP contribution in [0.15, 0.2) is 0 Å². The van der Waals surface area contributed by atoms with E-state index in [1.54, 1.807) is 0 Å². The van der Waals surface area contributed by atoms with E-state index in [2.05, 4.69) is 32.6 Å². The van der Waals surface area contributed by atoms with Crippen LogP contribution in [0.3, 0.4) is 0 Å². The molecule has 0 bridgehead atoms. The highest BCUT2D eigenvalue weighted by Crippen LogP contribution is 2.03. The van der Waals surface area contributed by atoms with E-state index in [0.717, 1.165) is 26.2 Å². The predicted molar refractivity (Wildman–Crippen MR) is 64.0 cm³/mol. The Morgan fingerprint density at radius 3 is 1.93 bits per heavy atom. The van der Waals surface area contributed by atoms with Gasteiger partial charge in [0.25, 0.3) is 0 Å². The van der Waals surface area contributed by atoms with Gasteiger partial charge in [-0.25, -0.2) is 0 Å². The molecule has 3 nitrogen and oxygen atoms in total. The molecular formula is C12H27NO2. The number of aliphatic hydroxyl groups excluding tert-OH is 1. The molecule has 0 aliphatic rings. The number of rotatable bonds is 9. The molecule has 0 spiro atoms. The summed E-state index contributed by atoms with van der Waals surface area (Å²) in [6.45, 7) is 13.5. The molecule has 0 aliphatic carbocycles. The van der Waals surface area contributed by atoms with Crippen LogP contribution in [0.1, 0.15) is 27.7 Å². The first-order valence-corrected chi connectivity index (χ1v) is 5.97. The van der Waals surface area contributed by atoms with Crippen LogP contribution >= 0.6 is 0 Å². The van der Waals surface area contributed by atoms with Crippen molar-refractivity contribution in [2.45, 2.75) is 27.7 Å². The monoisotopic (exact) mass is 217 g/mol. The first-order valence-electron chi connectivity index (χ1n) is 5.97. The average molecular weight is 217 g/mol. The molecule has 3 heteroatoms. The van der Waals surface area contributed by atoms with Gasteiger partial charge in [-0.15, -0.1) is 0 Å². The third-order valence-corrected chi connectivity index (χ3v) is 2.03. The van der Waals surface area contributed by atoms with Crippen LogP contribution in [0.25, 0.3) is 0 Å². The topological polar surface area (TPSA) is 32.7 Å². The molecule has 0 unspecified atom stereocenters. The SMILES string of the molecule is CC(C)CN(CCOCCO)CC(C)C. The van der Waals surface area contributed by atoms with Crippen molar-refractivity contribution in [3.8, 4) is 0 Å². The maximum Gasteiger partial charge on any atom is 0.0698 e. The average Bonchev–Trinajstić information content (AvgIpc) is 2.10. The normalized spacial score (nSPS) is 12.0. The Labute approximate surface area is 94.4 Å². The van der Waals surface area contributed by atoms with Crippen LogP contribution in [0.4, 0.5) is 0 Å². The summed E-state index contributed by atoms with van der Waals surface area (Å²) in [6, 6.07) is 0. The van der Waals surface area contributed by atoms with Crippen LogP contribution < -0.4 is 0 Å². The molecule has 0 atom stereocenters. The lowest BCUT2D eigenvalue weighted by atomic mass is 10.1. The van der Waals surface area contributed by atoms with Crippen molar-refractivity contribution < 1.29 is 9.84 Å². The second-order valence-electron chi connectivity index (χ2n) is 4.88. The zero-order valence-electron chi connectivity index (χ0n) is 10.7. The summed E-state index contributed by atoms with van der Waals surface area (Å²) in [7, 11) is 0. The number of aliphatic hydroxyl groups is 1. The Balaban J connectivity index is 3.69. The lowest BCUT2D eigenvalue weighted by molar-refractivity contribution is 0.0684. The fraction of sp³-hybridized carbons (Fsp3) is 1.00. The maximum absolute atomic E-state index is 8.58. The fourth-order valence-electron chi connectivity index (χ4n) is 1.65. The Hall–Kier alpha value is -0.120. The van der Waals surface area contributed by atoms with Crippen LogP contribution in [0.5, 0.6) is 0 Å². The largest absolute Gasteiger partial charge is 0.394 e. The van der Waals surface area contributed by atoms with Gasteiger partial charge in [0.2, 0.25) is 0 Å². The molecule has 0 fully saturated rings. The highest BCUT2D eigenvalue weighted by molar-refractivity contribution is 4.62. The van der Waals surface area contributed by atoms with E-state index >= 15 is 0 Å². The van der Waals surface area contributed by atoms with E-state index in [-0.39, 0.29) is 6.61 Å². The number of ether oxygens (including phenoxy) is 1. The van der Waals surface area contributed by atoms with Crippen molar-refractivity contribution in [3.05, 3.63) is 0 Å². The minimum absolute atomic E-state index is 0.119. The van der Waals surface area contributed by atoms with Crippen molar-refractivity contribution in [1.82, 2.24) is 4.90 Å². The molecule has 92 valence electrons. The summed E-state index contributed by atoms with van der Waals surface area (Å²) < 4.78 is 5.28. The van der Waals surface area contributed by atoms with Crippen LogP contribution in [-0.4, -0.2) is 49.5 Å². The van der Waals surface area contributed by atoms with Gasteiger partial charge in [-0.1, -0.05) is 27.7 Å². The molecule has 0 heterocycles. The molecule has 0 aromatic rings. The van der Waals surface area contributed by atoms with Gasteiger partial charge >= 0.3 is 0 Å². The minimum atomic E-state index is 0.119. The quantitative estimate of drug-likeness (QED) is 0.596. The summed E-state index contributed by atoms with van der Waals surface area (Å²) >= 11 is 0. The van der Waals surface area contributed by atoms with E-state index in [1.807, 2.05) is 0 Å².